The predicted octanol–water partition coefficient (Wildman–Crippen LogP) is 4.01. The quantitative estimate of drug-likeness (QED) is 0.358. The molecule has 0 saturated carbocycles. The lowest BCUT2D eigenvalue weighted by Gasteiger charge is -2.14. The SMILES string of the molecule is O=C(c1cc(Cl)cc([N+](=O)[O-])c1C(F)(F)F)C(F)(F)F. The molecule has 0 amide bonds. The fourth-order valence-corrected chi connectivity index (χ4v) is 1.58. The van der Waals surface area contributed by atoms with Gasteiger partial charge in [-0.15, -0.1) is 0 Å². The maximum Gasteiger partial charge on any atom is 0.454 e. The van der Waals surface area contributed by atoms with Crippen molar-refractivity contribution in [1.29, 1.82) is 0 Å². The van der Waals surface area contributed by atoms with Crippen LogP contribution in [0.1, 0.15) is 15.9 Å². The third-order valence-electron chi connectivity index (χ3n) is 2.06. The number of nitrogens with zero attached hydrogens (tertiary/aromatic N) is 1. The second-order valence-electron chi connectivity index (χ2n) is 3.43. The second kappa shape index (κ2) is 4.93. The summed E-state index contributed by atoms with van der Waals surface area (Å²) in [6.45, 7) is 0. The third-order valence-corrected chi connectivity index (χ3v) is 2.28. The van der Waals surface area contributed by atoms with E-state index in [9.17, 15) is 41.3 Å². The molecule has 0 unspecified atom stereocenters. The molecule has 0 fully saturated rings. The van der Waals surface area contributed by atoms with E-state index in [1.807, 2.05) is 0 Å². The van der Waals surface area contributed by atoms with Gasteiger partial charge in [0.2, 0.25) is 0 Å². The van der Waals surface area contributed by atoms with Gasteiger partial charge < -0.3 is 0 Å². The largest absolute Gasteiger partial charge is 0.454 e. The molecule has 0 radical (unpaired) electrons. The fourth-order valence-electron chi connectivity index (χ4n) is 1.37. The number of halogens is 7. The van der Waals surface area contributed by atoms with E-state index < -0.39 is 44.9 Å². The number of ketones is 1. The Bertz CT molecular complexity index is 580. The van der Waals surface area contributed by atoms with E-state index in [4.69, 9.17) is 11.6 Å². The van der Waals surface area contributed by atoms with Crippen molar-refractivity contribution in [2.24, 2.45) is 0 Å². The van der Waals surface area contributed by atoms with Gasteiger partial charge in [0.05, 0.1) is 4.92 Å². The second-order valence-corrected chi connectivity index (χ2v) is 3.87. The number of nitro groups is 1. The zero-order chi connectivity index (χ0) is 15.9. The lowest BCUT2D eigenvalue weighted by molar-refractivity contribution is -0.388. The first-order valence-corrected chi connectivity index (χ1v) is 4.90. The average molecular weight is 322 g/mol. The molecule has 0 aliphatic rings. The Balaban J connectivity index is 3.75. The highest BCUT2D eigenvalue weighted by Gasteiger charge is 2.48. The van der Waals surface area contributed by atoms with E-state index in [0.717, 1.165) is 0 Å². The number of carbonyl (C=O) groups is 1. The Morgan fingerprint density at radius 3 is 2.00 bits per heavy atom. The number of alkyl halides is 6. The van der Waals surface area contributed by atoms with Crippen LogP contribution in [-0.2, 0) is 6.18 Å². The summed E-state index contributed by atoms with van der Waals surface area (Å²) in [5.74, 6) is -2.87. The molecule has 0 atom stereocenters. The van der Waals surface area contributed by atoms with E-state index in [-0.39, 0.29) is 12.1 Å². The molecule has 0 spiro atoms. The Morgan fingerprint density at radius 2 is 1.65 bits per heavy atom. The number of nitro benzene ring substituents is 1. The number of carbonyl (C=O) groups excluding carboxylic acids is 1. The highest BCUT2D eigenvalue weighted by molar-refractivity contribution is 6.31. The van der Waals surface area contributed by atoms with Gasteiger partial charge in [-0.2, -0.15) is 26.3 Å². The van der Waals surface area contributed by atoms with Crippen LogP contribution in [0.2, 0.25) is 5.02 Å². The Kier molecular flexibility index (Phi) is 3.99. The van der Waals surface area contributed by atoms with Crippen molar-refractivity contribution in [1.82, 2.24) is 0 Å². The van der Waals surface area contributed by atoms with Crippen molar-refractivity contribution in [3.05, 3.63) is 38.4 Å². The van der Waals surface area contributed by atoms with E-state index in [1.165, 1.54) is 0 Å². The number of benzene rings is 1. The Labute approximate surface area is 111 Å². The molecule has 0 aliphatic heterocycles. The lowest BCUT2D eigenvalue weighted by Crippen LogP contribution is -2.26. The Hall–Kier alpha value is -1.84. The molecule has 11 heteroatoms. The number of hydrogen-bond acceptors (Lipinski definition) is 3. The highest BCUT2D eigenvalue weighted by Crippen LogP contribution is 2.41. The van der Waals surface area contributed by atoms with Gasteiger partial charge in [-0.25, -0.2) is 0 Å². The van der Waals surface area contributed by atoms with Crippen molar-refractivity contribution < 1.29 is 36.1 Å². The minimum absolute atomic E-state index is 0.0905. The first kappa shape index (κ1) is 16.2. The summed E-state index contributed by atoms with van der Waals surface area (Å²) in [5, 5.41) is 9.71. The summed E-state index contributed by atoms with van der Waals surface area (Å²) < 4.78 is 74.8. The van der Waals surface area contributed by atoms with Crippen LogP contribution in [0.3, 0.4) is 0 Å². The summed E-state index contributed by atoms with van der Waals surface area (Å²) in [4.78, 5) is 19.9. The van der Waals surface area contributed by atoms with Gasteiger partial charge in [0.25, 0.3) is 11.5 Å². The minimum atomic E-state index is -5.63. The predicted molar refractivity (Wildman–Crippen MR) is 53.5 cm³/mol. The molecular formula is C9H2ClF6NO3. The molecule has 0 heterocycles. The molecule has 4 nitrogen and oxygen atoms in total. The van der Waals surface area contributed by atoms with Gasteiger partial charge in [0.1, 0.15) is 5.56 Å². The summed E-state index contributed by atoms with van der Waals surface area (Å²) in [6.07, 6.45) is -11.2. The van der Waals surface area contributed by atoms with E-state index in [0.29, 0.717) is 0 Å². The summed E-state index contributed by atoms with van der Waals surface area (Å²) in [6, 6.07) is 0.310. The third kappa shape index (κ3) is 3.18. The summed E-state index contributed by atoms with van der Waals surface area (Å²) in [7, 11) is 0. The van der Waals surface area contributed by atoms with Crippen molar-refractivity contribution in [2.75, 3.05) is 0 Å². The molecule has 0 N–H and O–H groups in total. The van der Waals surface area contributed by atoms with Gasteiger partial charge in [0, 0.05) is 16.7 Å². The van der Waals surface area contributed by atoms with Gasteiger partial charge in [-0.1, -0.05) is 11.6 Å². The maximum absolute atomic E-state index is 12.7. The Morgan fingerprint density at radius 1 is 1.15 bits per heavy atom. The van der Waals surface area contributed by atoms with Crippen LogP contribution >= 0.6 is 11.6 Å². The highest BCUT2D eigenvalue weighted by atomic mass is 35.5. The normalized spacial score (nSPS) is 12.3. The fraction of sp³-hybridized carbons (Fsp3) is 0.222. The number of hydrogen-bond donors (Lipinski definition) is 0. The van der Waals surface area contributed by atoms with Crippen LogP contribution in [0, 0.1) is 10.1 Å². The van der Waals surface area contributed by atoms with Crippen LogP contribution in [0.25, 0.3) is 0 Å². The van der Waals surface area contributed by atoms with Gasteiger partial charge in [-0.05, 0) is 6.07 Å². The van der Waals surface area contributed by atoms with Crippen molar-refractivity contribution >= 4 is 23.1 Å². The zero-order valence-electron chi connectivity index (χ0n) is 8.97. The first-order chi connectivity index (χ1) is 8.85. The molecule has 0 aliphatic carbocycles. The van der Waals surface area contributed by atoms with Crippen LogP contribution in [0.4, 0.5) is 32.0 Å². The molecule has 110 valence electrons. The van der Waals surface area contributed by atoms with Gasteiger partial charge in [0.15, 0.2) is 0 Å². The van der Waals surface area contributed by atoms with Gasteiger partial charge in [-0.3, -0.25) is 14.9 Å². The molecule has 0 aromatic heterocycles. The smallest absolute Gasteiger partial charge is 0.284 e. The molecule has 1 rings (SSSR count). The zero-order valence-corrected chi connectivity index (χ0v) is 9.73. The molecule has 1 aromatic carbocycles. The van der Waals surface area contributed by atoms with Gasteiger partial charge >= 0.3 is 12.4 Å². The average Bonchev–Trinajstić information content (AvgIpc) is 2.23. The number of Topliss-reactive ketones (excluding diaryl/α,β-unsaturated/α-hetero) is 1. The van der Waals surface area contributed by atoms with Crippen molar-refractivity contribution in [3.63, 3.8) is 0 Å². The van der Waals surface area contributed by atoms with E-state index in [1.54, 1.807) is 0 Å². The van der Waals surface area contributed by atoms with E-state index in [2.05, 4.69) is 0 Å². The molecule has 0 bridgehead atoms. The molecule has 20 heavy (non-hydrogen) atoms. The lowest BCUT2D eigenvalue weighted by atomic mass is 10.0. The minimum Gasteiger partial charge on any atom is -0.284 e. The number of rotatable bonds is 2. The van der Waals surface area contributed by atoms with Crippen LogP contribution in [0.15, 0.2) is 12.1 Å². The van der Waals surface area contributed by atoms with Crippen molar-refractivity contribution in [2.45, 2.75) is 12.4 Å². The standard InChI is InChI=1S/C9H2ClF6NO3/c10-3-1-4(7(18)9(14,15)16)6(8(11,12)13)5(2-3)17(19)20/h1-2H. The van der Waals surface area contributed by atoms with Crippen LogP contribution < -0.4 is 0 Å². The summed E-state index contributed by atoms with van der Waals surface area (Å²) in [5.41, 5.74) is -5.92. The monoisotopic (exact) mass is 321 g/mol. The van der Waals surface area contributed by atoms with Crippen molar-refractivity contribution in [3.8, 4) is 0 Å². The molecule has 0 saturated heterocycles. The topological polar surface area (TPSA) is 60.2 Å². The first-order valence-electron chi connectivity index (χ1n) is 4.52. The van der Waals surface area contributed by atoms with Crippen LogP contribution in [0.5, 0.6) is 0 Å². The molecule has 1 aromatic rings. The summed E-state index contributed by atoms with van der Waals surface area (Å²) >= 11 is 5.22. The van der Waals surface area contributed by atoms with E-state index >= 15 is 0 Å². The maximum atomic E-state index is 12.7. The molecular weight excluding hydrogens is 320 g/mol. The van der Waals surface area contributed by atoms with Crippen LogP contribution in [-0.4, -0.2) is 16.9 Å².